The first-order chi connectivity index (χ1) is 13.7. The van der Waals surface area contributed by atoms with E-state index in [1.807, 2.05) is 6.07 Å². The van der Waals surface area contributed by atoms with E-state index < -0.39 is 0 Å². The Balaban J connectivity index is 1.31. The number of aromatic amines is 1. The van der Waals surface area contributed by atoms with Gasteiger partial charge < -0.3 is 14.4 Å². The maximum Gasteiger partial charge on any atom is 0.410 e. The number of fused-ring (bicyclic) bond motifs is 1. The van der Waals surface area contributed by atoms with Crippen molar-refractivity contribution in [1.29, 1.82) is 0 Å². The van der Waals surface area contributed by atoms with Gasteiger partial charge in [-0.3, -0.25) is 19.7 Å². The van der Waals surface area contributed by atoms with E-state index in [2.05, 4.69) is 22.0 Å². The molecule has 1 aromatic rings. The van der Waals surface area contributed by atoms with E-state index >= 15 is 0 Å². The lowest BCUT2D eigenvalue weighted by Gasteiger charge is -2.28. The Kier molecular flexibility index (Phi) is 5.82. The van der Waals surface area contributed by atoms with Crippen molar-refractivity contribution in [3.05, 3.63) is 17.5 Å². The van der Waals surface area contributed by atoms with Crippen molar-refractivity contribution in [2.45, 2.75) is 38.3 Å². The number of amides is 2. The van der Waals surface area contributed by atoms with Crippen LogP contribution in [0.2, 0.25) is 0 Å². The fourth-order valence-corrected chi connectivity index (χ4v) is 4.25. The summed E-state index contributed by atoms with van der Waals surface area (Å²) < 4.78 is 10.9. The van der Waals surface area contributed by atoms with Gasteiger partial charge in [0.2, 0.25) is 0 Å². The highest BCUT2D eigenvalue weighted by Crippen LogP contribution is 2.28. The number of hydrogen-bond donors (Lipinski definition) is 1. The van der Waals surface area contributed by atoms with Crippen molar-refractivity contribution < 1.29 is 19.1 Å². The van der Waals surface area contributed by atoms with E-state index in [0.717, 1.165) is 57.8 Å². The monoisotopic (exact) mass is 391 g/mol. The smallest absolute Gasteiger partial charge is 0.410 e. The van der Waals surface area contributed by atoms with Crippen molar-refractivity contribution in [1.82, 2.24) is 24.9 Å². The van der Waals surface area contributed by atoms with E-state index in [4.69, 9.17) is 9.47 Å². The number of aromatic nitrogens is 2. The molecular formula is C19H29N5O4. The van der Waals surface area contributed by atoms with Gasteiger partial charge in [-0.05, 0) is 18.9 Å². The standard InChI is InChI=1S/C19H29N5O4/c1-2-4-14-11-15(21-20-14)18(25)23-12-16-17(13-23)28-19(26)24(16)6-3-5-22-7-9-27-10-8-22/h11,16-17H,2-10,12-13H2,1H3,(H,20,21)/t16-,17+/m1/s1. The Morgan fingerprint density at radius 3 is 2.89 bits per heavy atom. The van der Waals surface area contributed by atoms with Crippen molar-refractivity contribution in [3.8, 4) is 0 Å². The van der Waals surface area contributed by atoms with E-state index in [1.165, 1.54) is 0 Å². The first-order valence-corrected chi connectivity index (χ1v) is 10.3. The molecule has 2 atom stereocenters. The van der Waals surface area contributed by atoms with Crippen LogP contribution in [-0.2, 0) is 15.9 Å². The lowest BCUT2D eigenvalue weighted by molar-refractivity contribution is 0.0362. The molecule has 4 heterocycles. The Morgan fingerprint density at radius 1 is 1.29 bits per heavy atom. The number of aryl methyl sites for hydroxylation is 1. The van der Waals surface area contributed by atoms with Crippen LogP contribution in [0.15, 0.2) is 6.07 Å². The van der Waals surface area contributed by atoms with Crippen molar-refractivity contribution in [2.75, 3.05) is 52.5 Å². The highest BCUT2D eigenvalue weighted by atomic mass is 16.6. The fourth-order valence-electron chi connectivity index (χ4n) is 4.25. The number of nitrogens with one attached hydrogen (secondary N) is 1. The highest BCUT2D eigenvalue weighted by molar-refractivity contribution is 5.93. The molecule has 0 radical (unpaired) electrons. The van der Waals surface area contributed by atoms with Gasteiger partial charge in [0.05, 0.1) is 25.8 Å². The lowest BCUT2D eigenvalue weighted by atomic mass is 10.2. The lowest BCUT2D eigenvalue weighted by Crippen LogP contribution is -2.42. The normalized spacial score (nSPS) is 25.2. The summed E-state index contributed by atoms with van der Waals surface area (Å²) in [5, 5.41) is 7.08. The van der Waals surface area contributed by atoms with E-state index in [1.54, 1.807) is 9.80 Å². The van der Waals surface area contributed by atoms with Gasteiger partial charge in [-0.1, -0.05) is 13.3 Å². The number of carbonyl (C=O) groups excluding carboxylic acids is 2. The van der Waals surface area contributed by atoms with Crippen LogP contribution >= 0.6 is 0 Å². The topological polar surface area (TPSA) is 91.0 Å². The van der Waals surface area contributed by atoms with Gasteiger partial charge >= 0.3 is 6.09 Å². The predicted molar refractivity (Wildman–Crippen MR) is 101 cm³/mol. The first-order valence-electron chi connectivity index (χ1n) is 10.3. The number of carbonyl (C=O) groups is 2. The van der Waals surface area contributed by atoms with Gasteiger partial charge in [-0.15, -0.1) is 0 Å². The van der Waals surface area contributed by atoms with Crippen molar-refractivity contribution >= 4 is 12.0 Å². The molecule has 9 nitrogen and oxygen atoms in total. The summed E-state index contributed by atoms with van der Waals surface area (Å²) in [5.74, 6) is -0.0997. The van der Waals surface area contributed by atoms with Gasteiger partial charge in [-0.2, -0.15) is 5.10 Å². The molecule has 1 aromatic heterocycles. The molecule has 3 aliphatic rings. The summed E-state index contributed by atoms with van der Waals surface area (Å²) in [6.45, 7) is 8.08. The van der Waals surface area contributed by atoms with E-state index in [9.17, 15) is 9.59 Å². The van der Waals surface area contributed by atoms with Gasteiger partial charge in [0, 0.05) is 38.4 Å². The zero-order valence-electron chi connectivity index (χ0n) is 16.4. The second kappa shape index (κ2) is 8.48. The molecule has 2 amide bonds. The van der Waals surface area contributed by atoms with Crippen LogP contribution in [0.3, 0.4) is 0 Å². The molecule has 0 saturated carbocycles. The SMILES string of the molecule is CCCc1cc(C(=O)N2C[C@@H]3OC(=O)N(CCCN4CCOCC4)[C@@H]3C2)n[nH]1. The zero-order chi connectivity index (χ0) is 19.5. The number of ether oxygens (including phenoxy) is 2. The molecular weight excluding hydrogens is 362 g/mol. The minimum atomic E-state index is -0.255. The molecule has 28 heavy (non-hydrogen) atoms. The van der Waals surface area contributed by atoms with Crippen LogP contribution in [0.5, 0.6) is 0 Å². The summed E-state index contributed by atoms with van der Waals surface area (Å²) in [4.78, 5) is 30.9. The van der Waals surface area contributed by atoms with Crippen LogP contribution < -0.4 is 0 Å². The molecule has 3 aliphatic heterocycles. The minimum absolute atomic E-state index is 0.0600. The van der Waals surface area contributed by atoms with E-state index in [-0.39, 0.29) is 24.1 Å². The molecule has 4 rings (SSSR count). The molecule has 0 aromatic carbocycles. The maximum absolute atomic E-state index is 12.8. The molecule has 3 fully saturated rings. The van der Waals surface area contributed by atoms with Gasteiger partial charge in [0.1, 0.15) is 11.8 Å². The fraction of sp³-hybridized carbons (Fsp3) is 0.737. The van der Waals surface area contributed by atoms with Crippen molar-refractivity contribution in [2.24, 2.45) is 0 Å². The third-order valence-corrected chi connectivity index (χ3v) is 5.76. The van der Waals surface area contributed by atoms with Crippen LogP contribution in [0, 0.1) is 0 Å². The largest absolute Gasteiger partial charge is 0.442 e. The number of hydrogen-bond acceptors (Lipinski definition) is 6. The Hall–Kier alpha value is -2.13. The highest BCUT2D eigenvalue weighted by Gasteiger charge is 2.48. The average molecular weight is 391 g/mol. The third kappa shape index (κ3) is 4.00. The number of nitrogens with zero attached hydrogens (tertiary/aromatic N) is 4. The molecule has 0 spiro atoms. The van der Waals surface area contributed by atoms with Crippen molar-refractivity contribution in [3.63, 3.8) is 0 Å². The van der Waals surface area contributed by atoms with Crippen LogP contribution in [0.25, 0.3) is 0 Å². The second-order valence-electron chi connectivity index (χ2n) is 7.73. The second-order valence-corrected chi connectivity index (χ2v) is 7.73. The molecule has 1 N–H and O–H groups in total. The predicted octanol–water partition coefficient (Wildman–Crippen LogP) is 0.730. The summed E-state index contributed by atoms with van der Waals surface area (Å²) in [6, 6.07) is 1.77. The van der Waals surface area contributed by atoms with Crippen LogP contribution in [0.1, 0.15) is 35.9 Å². The van der Waals surface area contributed by atoms with Crippen LogP contribution in [-0.4, -0.2) is 102 Å². The summed E-state index contributed by atoms with van der Waals surface area (Å²) in [7, 11) is 0. The summed E-state index contributed by atoms with van der Waals surface area (Å²) >= 11 is 0. The summed E-state index contributed by atoms with van der Waals surface area (Å²) in [5.41, 5.74) is 1.41. The molecule has 154 valence electrons. The first kappa shape index (κ1) is 19.2. The minimum Gasteiger partial charge on any atom is -0.442 e. The average Bonchev–Trinajstić information content (AvgIpc) is 3.39. The number of rotatable bonds is 7. The van der Waals surface area contributed by atoms with Gasteiger partial charge in [-0.25, -0.2) is 4.79 Å². The molecule has 0 unspecified atom stereocenters. The Labute approximate surface area is 164 Å². The van der Waals surface area contributed by atoms with Gasteiger partial charge in [0.15, 0.2) is 0 Å². The Bertz CT molecular complexity index is 702. The number of likely N-dealkylation sites (tertiary alicyclic amines) is 1. The molecule has 3 saturated heterocycles. The quantitative estimate of drug-likeness (QED) is 0.737. The van der Waals surface area contributed by atoms with Crippen LogP contribution in [0.4, 0.5) is 4.79 Å². The van der Waals surface area contributed by atoms with Gasteiger partial charge in [0.25, 0.3) is 5.91 Å². The Morgan fingerprint density at radius 2 is 2.11 bits per heavy atom. The molecule has 0 bridgehead atoms. The van der Waals surface area contributed by atoms with E-state index in [0.29, 0.717) is 25.3 Å². The molecule has 9 heteroatoms. The zero-order valence-corrected chi connectivity index (χ0v) is 16.4. The summed E-state index contributed by atoms with van der Waals surface area (Å²) in [6.07, 6.45) is 2.27. The number of H-pyrrole nitrogens is 1. The third-order valence-electron chi connectivity index (χ3n) is 5.76. The maximum atomic E-state index is 12.8. The number of morpholine rings is 1. The molecule has 0 aliphatic carbocycles.